The Kier molecular flexibility index (Phi) is 5.82. The minimum absolute atomic E-state index is 0.0593. The van der Waals surface area contributed by atoms with E-state index in [4.69, 9.17) is 21.1 Å². The van der Waals surface area contributed by atoms with Crippen molar-refractivity contribution in [2.45, 2.75) is 6.04 Å². The molecule has 0 radical (unpaired) electrons. The smallest absolute Gasteiger partial charge is 0.300 e. The normalized spacial score (nSPS) is 17.6. The number of ether oxygens (including phenoxy) is 2. The van der Waals surface area contributed by atoms with E-state index >= 15 is 0 Å². The van der Waals surface area contributed by atoms with Crippen LogP contribution in [0.15, 0.2) is 59.5 Å². The lowest BCUT2D eigenvalue weighted by Crippen LogP contribution is -2.29. The van der Waals surface area contributed by atoms with E-state index in [2.05, 4.69) is 0 Å². The van der Waals surface area contributed by atoms with Crippen LogP contribution in [0.3, 0.4) is 0 Å². The lowest BCUT2D eigenvalue weighted by atomic mass is 9.98. The van der Waals surface area contributed by atoms with Crippen LogP contribution in [0.25, 0.3) is 5.76 Å². The summed E-state index contributed by atoms with van der Waals surface area (Å²) in [6.45, 7) is 0. The number of Topliss-reactive ketones (excluding diaryl/α,β-unsaturated/α-hetero) is 1. The molecule has 3 aromatic rings. The Bertz CT molecular complexity index is 1220. The number of phenols is 1. The molecule has 164 valence electrons. The number of methoxy groups -OCH3 is 2. The molecule has 1 aliphatic rings. The van der Waals surface area contributed by atoms with E-state index in [0.29, 0.717) is 4.88 Å². The van der Waals surface area contributed by atoms with Crippen LogP contribution < -0.4 is 14.4 Å². The molecule has 32 heavy (non-hydrogen) atoms. The van der Waals surface area contributed by atoms with Crippen molar-refractivity contribution in [1.82, 2.24) is 0 Å². The van der Waals surface area contributed by atoms with Gasteiger partial charge in [0.05, 0.1) is 25.5 Å². The second-order valence-corrected chi connectivity index (χ2v) is 8.27. The van der Waals surface area contributed by atoms with Crippen molar-refractivity contribution < 1.29 is 29.3 Å². The molecule has 1 aliphatic heterocycles. The third kappa shape index (κ3) is 3.47. The Morgan fingerprint density at radius 2 is 1.75 bits per heavy atom. The van der Waals surface area contributed by atoms with Crippen molar-refractivity contribution in [3.63, 3.8) is 0 Å². The van der Waals surface area contributed by atoms with Gasteiger partial charge in [-0.15, -0.1) is 11.3 Å². The van der Waals surface area contributed by atoms with Gasteiger partial charge in [-0.2, -0.15) is 0 Å². The number of aliphatic hydroxyl groups excluding tert-OH is 1. The first kappa shape index (κ1) is 21.7. The standard InChI is InChI=1S/C23H18ClNO6S/c1-30-15-5-3-6-16(31-2)18(15)21(27)19-20(17-7-4-10-32-17)25(23(29)22(19)28)13-11-12(24)8-9-14(13)26/h3-11,20,26-27H,1-2H3/b21-19+. The highest BCUT2D eigenvalue weighted by atomic mass is 35.5. The molecule has 1 amide bonds. The van der Waals surface area contributed by atoms with E-state index < -0.39 is 23.5 Å². The predicted octanol–water partition coefficient (Wildman–Crippen LogP) is 4.75. The average Bonchev–Trinajstić information content (AvgIpc) is 3.41. The van der Waals surface area contributed by atoms with Crippen LogP contribution in [-0.2, 0) is 9.59 Å². The van der Waals surface area contributed by atoms with Gasteiger partial charge in [0.25, 0.3) is 11.7 Å². The molecule has 2 N–H and O–H groups in total. The van der Waals surface area contributed by atoms with Crippen molar-refractivity contribution in [3.05, 3.63) is 74.9 Å². The highest BCUT2D eigenvalue weighted by Crippen LogP contribution is 2.48. The molecule has 1 unspecified atom stereocenters. The number of aromatic hydroxyl groups is 1. The number of phenolic OH excluding ortho intramolecular Hbond substituents is 1. The Morgan fingerprint density at radius 1 is 1.06 bits per heavy atom. The number of hydrogen-bond acceptors (Lipinski definition) is 7. The zero-order chi connectivity index (χ0) is 23.0. The molecule has 0 aliphatic carbocycles. The van der Waals surface area contributed by atoms with Crippen LogP contribution in [0.1, 0.15) is 16.5 Å². The van der Waals surface area contributed by atoms with Gasteiger partial charge >= 0.3 is 0 Å². The van der Waals surface area contributed by atoms with Crippen molar-refractivity contribution in [3.8, 4) is 17.2 Å². The number of benzene rings is 2. The highest BCUT2D eigenvalue weighted by molar-refractivity contribution is 7.10. The number of amides is 1. The first-order valence-corrected chi connectivity index (χ1v) is 10.7. The van der Waals surface area contributed by atoms with Crippen LogP contribution in [0, 0.1) is 0 Å². The van der Waals surface area contributed by atoms with E-state index in [1.807, 2.05) is 0 Å². The van der Waals surface area contributed by atoms with Crippen LogP contribution in [0.5, 0.6) is 17.2 Å². The van der Waals surface area contributed by atoms with Crippen molar-refractivity contribution in [2.24, 2.45) is 0 Å². The minimum atomic E-state index is -0.992. The molecular formula is C23H18ClNO6S. The molecule has 9 heteroatoms. The summed E-state index contributed by atoms with van der Waals surface area (Å²) in [5.74, 6) is -1.95. The maximum absolute atomic E-state index is 13.2. The zero-order valence-corrected chi connectivity index (χ0v) is 18.6. The molecule has 4 rings (SSSR count). The van der Waals surface area contributed by atoms with Gasteiger partial charge in [0.2, 0.25) is 0 Å². The number of rotatable bonds is 5. The van der Waals surface area contributed by atoms with Gasteiger partial charge in [-0.1, -0.05) is 23.7 Å². The largest absolute Gasteiger partial charge is 0.506 e. The molecule has 2 aromatic carbocycles. The van der Waals surface area contributed by atoms with Gasteiger partial charge in [0.15, 0.2) is 0 Å². The number of aliphatic hydroxyl groups is 1. The lowest BCUT2D eigenvalue weighted by Gasteiger charge is -2.25. The summed E-state index contributed by atoms with van der Waals surface area (Å²) in [7, 11) is 2.84. The van der Waals surface area contributed by atoms with Gasteiger partial charge in [-0.25, -0.2) is 0 Å². The molecule has 1 saturated heterocycles. The topological polar surface area (TPSA) is 96.3 Å². The second-order valence-electron chi connectivity index (χ2n) is 6.86. The van der Waals surface area contributed by atoms with Crippen molar-refractivity contribution >= 4 is 46.1 Å². The summed E-state index contributed by atoms with van der Waals surface area (Å²) >= 11 is 7.40. The minimum Gasteiger partial charge on any atom is -0.506 e. The second kappa shape index (κ2) is 8.57. The quantitative estimate of drug-likeness (QED) is 0.316. The third-order valence-corrected chi connectivity index (χ3v) is 6.28. The van der Waals surface area contributed by atoms with Gasteiger partial charge in [0, 0.05) is 9.90 Å². The number of thiophene rings is 1. The first-order chi connectivity index (χ1) is 15.4. The van der Waals surface area contributed by atoms with E-state index in [1.54, 1.807) is 35.7 Å². The SMILES string of the molecule is COc1cccc(OC)c1/C(O)=C1\C(=O)C(=O)N(c2cc(Cl)ccc2O)C1c1cccs1. The summed E-state index contributed by atoms with van der Waals surface area (Å²) in [5, 5.41) is 23.8. The van der Waals surface area contributed by atoms with Gasteiger partial charge in [-0.05, 0) is 41.8 Å². The van der Waals surface area contributed by atoms with Gasteiger partial charge in [0.1, 0.15) is 34.6 Å². The molecular weight excluding hydrogens is 454 g/mol. The number of ketones is 1. The van der Waals surface area contributed by atoms with E-state index in [0.717, 1.165) is 4.90 Å². The number of nitrogens with zero attached hydrogens (tertiary/aromatic N) is 1. The molecule has 1 aromatic heterocycles. The summed E-state index contributed by atoms with van der Waals surface area (Å²) in [6, 6.07) is 11.6. The summed E-state index contributed by atoms with van der Waals surface area (Å²) in [4.78, 5) is 28.1. The number of carbonyl (C=O) groups is 2. The molecule has 0 bridgehead atoms. The number of carbonyl (C=O) groups excluding carboxylic acids is 2. The summed E-state index contributed by atoms with van der Waals surface area (Å²) < 4.78 is 10.7. The number of anilines is 1. The van der Waals surface area contributed by atoms with E-state index in [-0.39, 0.29) is 39.1 Å². The van der Waals surface area contributed by atoms with Crippen LogP contribution in [-0.4, -0.2) is 36.1 Å². The predicted molar refractivity (Wildman–Crippen MR) is 122 cm³/mol. The average molecular weight is 472 g/mol. The van der Waals surface area contributed by atoms with Crippen LogP contribution in [0.2, 0.25) is 5.02 Å². The Balaban J connectivity index is 2.02. The molecule has 7 nitrogen and oxygen atoms in total. The molecule has 0 saturated carbocycles. The highest BCUT2D eigenvalue weighted by Gasteiger charge is 2.48. The molecule has 2 heterocycles. The van der Waals surface area contributed by atoms with Crippen molar-refractivity contribution in [2.75, 3.05) is 19.1 Å². The van der Waals surface area contributed by atoms with Crippen LogP contribution >= 0.6 is 22.9 Å². The molecule has 1 fully saturated rings. The third-order valence-electron chi connectivity index (χ3n) is 5.12. The first-order valence-electron chi connectivity index (χ1n) is 9.43. The monoisotopic (exact) mass is 471 g/mol. The summed E-state index contributed by atoms with van der Waals surface area (Å²) in [6.07, 6.45) is 0. The van der Waals surface area contributed by atoms with Crippen molar-refractivity contribution in [1.29, 1.82) is 0 Å². The Morgan fingerprint density at radius 3 is 2.34 bits per heavy atom. The number of halogens is 1. The lowest BCUT2D eigenvalue weighted by molar-refractivity contribution is -0.132. The number of hydrogen-bond donors (Lipinski definition) is 2. The molecule has 0 spiro atoms. The fourth-order valence-electron chi connectivity index (χ4n) is 3.71. The van der Waals surface area contributed by atoms with Gasteiger partial charge < -0.3 is 19.7 Å². The molecule has 1 atom stereocenters. The van der Waals surface area contributed by atoms with E-state index in [9.17, 15) is 19.8 Å². The zero-order valence-electron chi connectivity index (χ0n) is 17.0. The maximum atomic E-state index is 13.2. The summed E-state index contributed by atoms with van der Waals surface area (Å²) in [5.41, 5.74) is 0.0519. The maximum Gasteiger partial charge on any atom is 0.300 e. The fourth-order valence-corrected chi connectivity index (χ4v) is 4.70. The Hall–Kier alpha value is -3.49. The van der Waals surface area contributed by atoms with Crippen LogP contribution in [0.4, 0.5) is 5.69 Å². The Labute approximate surface area is 192 Å². The van der Waals surface area contributed by atoms with Gasteiger partial charge in [-0.3, -0.25) is 14.5 Å². The van der Waals surface area contributed by atoms with E-state index in [1.165, 1.54) is 43.8 Å². The fraction of sp³-hybridized carbons (Fsp3) is 0.130.